The highest BCUT2D eigenvalue weighted by molar-refractivity contribution is 6.01. The lowest BCUT2D eigenvalue weighted by atomic mass is 9.80. The largest absolute Gasteiger partial charge is 0.480 e. The Labute approximate surface area is 108 Å². The fourth-order valence-electron chi connectivity index (χ4n) is 1.58. The first-order valence-electron chi connectivity index (χ1n) is 5.36. The summed E-state index contributed by atoms with van der Waals surface area (Å²) >= 11 is 0. The molecule has 0 fully saturated rings. The van der Waals surface area contributed by atoms with Crippen LogP contribution in [0.2, 0.25) is 0 Å². The van der Waals surface area contributed by atoms with Gasteiger partial charge in [-0.1, -0.05) is 12.1 Å². The van der Waals surface area contributed by atoms with Crippen molar-refractivity contribution in [2.24, 2.45) is 5.41 Å². The minimum absolute atomic E-state index is 0.172. The second-order valence-electron chi connectivity index (χ2n) is 4.38. The molecule has 0 radical (unpaired) electrons. The average molecular weight is 269 g/mol. The number of hydrogen-bond donors (Lipinski definition) is 1. The number of benzene rings is 1. The lowest BCUT2D eigenvalue weighted by Crippen LogP contribution is -2.37. The Bertz CT molecular complexity index is 541. The van der Waals surface area contributed by atoms with Crippen molar-refractivity contribution in [2.45, 2.75) is 20.3 Å². The summed E-state index contributed by atoms with van der Waals surface area (Å²) < 4.78 is 13.8. The number of ketones is 1. The van der Waals surface area contributed by atoms with E-state index in [-0.39, 0.29) is 5.56 Å². The van der Waals surface area contributed by atoms with E-state index in [1.165, 1.54) is 12.1 Å². The van der Waals surface area contributed by atoms with E-state index < -0.39 is 40.0 Å². The third-order valence-corrected chi connectivity index (χ3v) is 3.05. The minimum atomic E-state index is -1.81. The minimum Gasteiger partial charge on any atom is -0.480 e. The van der Waals surface area contributed by atoms with Crippen molar-refractivity contribution in [1.82, 2.24) is 0 Å². The topological polar surface area (TPSA) is 97.5 Å². The van der Waals surface area contributed by atoms with Crippen LogP contribution < -0.4 is 0 Å². The number of nitrogens with zero attached hydrogens (tertiary/aromatic N) is 1. The third-order valence-electron chi connectivity index (χ3n) is 3.05. The fourth-order valence-corrected chi connectivity index (χ4v) is 1.58. The summed E-state index contributed by atoms with van der Waals surface area (Å²) in [5.41, 5.74) is -2.72. The van der Waals surface area contributed by atoms with E-state index in [2.05, 4.69) is 0 Å². The number of carboxylic acid groups (broad SMARTS) is 1. The van der Waals surface area contributed by atoms with Gasteiger partial charge in [0.05, 0.1) is 4.92 Å². The lowest BCUT2D eigenvalue weighted by Gasteiger charge is -2.21. The molecule has 0 spiro atoms. The zero-order chi connectivity index (χ0) is 14.8. The number of nitro groups is 1. The van der Waals surface area contributed by atoms with Gasteiger partial charge in [0.2, 0.25) is 5.82 Å². The number of aliphatic carboxylic acids is 1. The van der Waals surface area contributed by atoms with Gasteiger partial charge < -0.3 is 5.11 Å². The summed E-state index contributed by atoms with van der Waals surface area (Å²) in [6.07, 6.45) is -0.439. The molecule has 7 heteroatoms. The Balaban J connectivity index is 3.26. The molecule has 0 aliphatic rings. The monoisotopic (exact) mass is 269 g/mol. The maximum absolute atomic E-state index is 13.8. The van der Waals surface area contributed by atoms with Gasteiger partial charge in [0.25, 0.3) is 0 Å². The van der Waals surface area contributed by atoms with E-state index >= 15 is 0 Å². The molecule has 0 saturated carbocycles. The smallest absolute Gasteiger partial charge is 0.317 e. The number of halogens is 1. The molecule has 0 bridgehead atoms. The van der Waals surface area contributed by atoms with E-state index in [1.807, 2.05) is 0 Å². The Morgan fingerprint density at radius 3 is 2.47 bits per heavy atom. The van der Waals surface area contributed by atoms with Gasteiger partial charge in [-0.15, -0.1) is 0 Å². The summed E-state index contributed by atoms with van der Waals surface area (Å²) in [7, 11) is 0. The van der Waals surface area contributed by atoms with Crippen molar-refractivity contribution in [3.8, 4) is 0 Å². The van der Waals surface area contributed by atoms with Crippen LogP contribution in [0.3, 0.4) is 0 Å². The van der Waals surface area contributed by atoms with Crippen molar-refractivity contribution in [1.29, 1.82) is 0 Å². The van der Waals surface area contributed by atoms with Crippen molar-refractivity contribution in [2.75, 3.05) is 0 Å². The maximum Gasteiger partial charge on any atom is 0.317 e. The Morgan fingerprint density at radius 2 is 2.05 bits per heavy atom. The molecule has 0 heterocycles. The van der Waals surface area contributed by atoms with Gasteiger partial charge in [-0.05, 0) is 25.8 Å². The maximum atomic E-state index is 13.8. The van der Waals surface area contributed by atoms with Crippen molar-refractivity contribution in [3.05, 3.63) is 39.7 Å². The first-order chi connectivity index (χ1) is 8.70. The molecule has 0 aromatic heterocycles. The predicted molar refractivity (Wildman–Crippen MR) is 63.2 cm³/mol. The Kier molecular flexibility index (Phi) is 3.98. The average Bonchev–Trinajstić information content (AvgIpc) is 2.30. The summed E-state index contributed by atoms with van der Waals surface area (Å²) in [6, 6.07) is 3.45. The van der Waals surface area contributed by atoms with Gasteiger partial charge in [-0.25, -0.2) is 0 Å². The van der Waals surface area contributed by atoms with Crippen molar-refractivity contribution < 1.29 is 24.0 Å². The van der Waals surface area contributed by atoms with Crippen molar-refractivity contribution >= 4 is 17.4 Å². The fraction of sp³-hybridized carbons (Fsp3) is 0.333. The molecule has 0 amide bonds. The van der Waals surface area contributed by atoms with Gasteiger partial charge in [0.15, 0.2) is 0 Å². The first kappa shape index (κ1) is 14.7. The van der Waals surface area contributed by atoms with Crippen LogP contribution in [0.1, 0.15) is 19.4 Å². The molecule has 1 N–H and O–H groups in total. The van der Waals surface area contributed by atoms with E-state index in [0.29, 0.717) is 0 Å². The highest BCUT2D eigenvalue weighted by Gasteiger charge is 2.39. The van der Waals surface area contributed by atoms with Crippen LogP contribution in [0.25, 0.3) is 0 Å². The summed E-state index contributed by atoms with van der Waals surface area (Å²) in [4.78, 5) is 32.2. The highest BCUT2D eigenvalue weighted by Crippen LogP contribution is 2.29. The molecule has 19 heavy (non-hydrogen) atoms. The number of carbonyl (C=O) groups is 2. The zero-order valence-electron chi connectivity index (χ0n) is 10.3. The predicted octanol–water partition coefficient (Wildman–Crippen LogP) is 1.96. The van der Waals surface area contributed by atoms with E-state index in [0.717, 1.165) is 19.9 Å². The first-order valence-corrected chi connectivity index (χ1v) is 5.36. The van der Waals surface area contributed by atoms with Crippen LogP contribution >= 0.6 is 0 Å². The third kappa shape index (κ3) is 2.75. The summed E-state index contributed by atoms with van der Waals surface area (Å²) in [6.45, 7) is 2.25. The molecule has 1 unspecified atom stereocenters. The van der Waals surface area contributed by atoms with Crippen LogP contribution in [-0.2, 0) is 16.0 Å². The molecule has 1 atom stereocenters. The van der Waals surface area contributed by atoms with E-state index in [9.17, 15) is 24.1 Å². The number of carbonyl (C=O) groups excluding carboxylic acids is 1. The SMILES string of the molecule is CC(=O)C(C)(Cc1cccc([N+](=O)[O-])c1F)C(=O)O. The van der Waals surface area contributed by atoms with Crippen LogP contribution in [0.4, 0.5) is 10.1 Å². The van der Waals surface area contributed by atoms with Gasteiger partial charge in [0, 0.05) is 6.07 Å². The Morgan fingerprint density at radius 1 is 1.47 bits per heavy atom. The van der Waals surface area contributed by atoms with Gasteiger partial charge >= 0.3 is 11.7 Å². The number of rotatable bonds is 5. The van der Waals surface area contributed by atoms with Gasteiger partial charge in [-0.3, -0.25) is 19.7 Å². The second-order valence-corrected chi connectivity index (χ2v) is 4.38. The molecule has 0 aliphatic heterocycles. The zero-order valence-corrected chi connectivity index (χ0v) is 10.3. The summed E-state index contributed by atoms with van der Waals surface area (Å²) in [5, 5.41) is 19.6. The Hall–Kier alpha value is -2.31. The number of nitro benzene ring substituents is 1. The number of hydrogen-bond acceptors (Lipinski definition) is 4. The van der Waals surface area contributed by atoms with Gasteiger partial charge in [-0.2, -0.15) is 4.39 Å². The molecule has 102 valence electrons. The quantitative estimate of drug-likeness (QED) is 0.500. The molecule has 1 rings (SSSR count). The molecule has 1 aromatic rings. The van der Waals surface area contributed by atoms with Crippen LogP contribution in [0.5, 0.6) is 0 Å². The van der Waals surface area contributed by atoms with Crippen molar-refractivity contribution in [3.63, 3.8) is 0 Å². The number of Topliss-reactive ketones (excluding diaryl/α,β-unsaturated/α-hetero) is 1. The van der Waals surface area contributed by atoms with Crippen LogP contribution in [0.15, 0.2) is 18.2 Å². The lowest BCUT2D eigenvalue weighted by molar-refractivity contribution is -0.387. The summed E-state index contributed by atoms with van der Waals surface area (Å²) in [5.74, 6) is -3.15. The molecular weight excluding hydrogens is 257 g/mol. The highest BCUT2D eigenvalue weighted by atomic mass is 19.1. The van der Waals surface area contributed by atoms with E-state index in [4.69, 9.17) is 5.11 Å². The molecule has 0 aliphatic carbocycles. The second kappa shape index (κ2) is 5.13. The molecule has 1 aromatic carbocycles. The normalized spacial score (nSPS) is 13.6. The number of carboxylic acids is 1. The van der Waals surface area contributed by atoms with Crippen LogP contribution in [-0.4, -0.2) is 21.8 Å². The molecule has 6 nitrogen and oxygen atoms in total. The van der Waals surface area contributed by atoms with Crippen LogP contribution in [0, 0.1) is 21.3 Å². The van der Waals surface area contributed by atoms with E-state index in [1.54, 1.807) is 0 Å². The molecular formula is C12H12FNO5. The van der Waals surface area contributed by atoms with Gasteiger partial charge in [0.1, 0.15) is 11.2 Å². The molecule has 0 saturated heterocycles. The standard InChI is InChI=1S/C12H12FNO5/c1-7(15)12(2,11(16)17)6-8-4-3-5-9(10(8)13)14(18)19/h3-5H,6H2,1-2H3,(H,16,17).